The molecule has 1 aromatic carbocycles. The van der Waals surface area contributed by atoms with Gasteiger partial charge in [-0.1, -0.05) is 12.1 Å². The van der Waals surface area contributed by atoms with E-state index in [1.54, 1.807) is 0 Å². The number of benzene rings is 1. The maximum atomic E-state index is 5.88. The van der Waals surface area contributed by atoms with E-state index in [2.05, 4.69) is 44.1 Å². The average molecular weight is 323 g/mol. The van der Waals surface area contributed by atoms with Crippen molar-refractivity contribution in [2.75, 3.05) is 30.4 Å². The van der Waals surface area contributed by atoms with Crippen LogP contribution in [0.5, 0.6) is 0 Å². The minimum Gasteiger partial charge on any atom is -0.379 e. The number of nitrogens with one attached hydrogen (secondary N) is 1. The first-order valence-corrected chi connectivity index (χ1v) is 8.24. The summed E-state index contributed by atoms with van der Waals surface area (Å²) in [6.07, 6.45) is 2.94. The highest BCUT2D eigenvalue weighted by Gasteiger charge is 2.26. The summed E-state index contributed by atoms with van der Waals surface area (Å²) in [6.45, 7) is 4.21. The monoisotopic (exact) mass is 323 g/mol. The van der Waals surface area contributed by atoms with Gasteiger partial charge in [0.25, 0.3) is 0 Å². The number of ether oxygens (including phenoxy) is 1. The molecule has 1 fully saturated rings. The van der Waals surface area contributed by atoms with Gasteiger partial charge in [-0.2, -0.15) is 4.98 Å². The first kappa shape index (κ1) is 15.0. The smallest absolute Gasteiger partial charge is 0.222 e. The van der Waals surface area contributed by atoms with Gasteiger partial charge in [0, 0.05) is 42.0 Å². The Morgan fingerprint density at radius 3 is 3.08 bits per heavy atom. The van der Waals surface area contributed by atoms with Crippen molar-refractivity contribution in [3.05, 3.63) is 47.8 Å². The molecule has 3 aromatic rings. The minimum absolute atomic E-state index is 0.0979. The molecule has 0 radical (unpaired) electrons. The zero-order chi connectivity index (χ0) is 16.5. The molecular formula is C18H21N5O. The van der Waals surface area contributed by atoms with Crippen LogP contribution < -0.4 is 10.6 Å². The van der Waals surface area contributed by atoms with Gasteiger partial charge >= 0.3 is 0 Å². The number of hydrogen-bond acceptors (Lipinski definition) is 5. The second-order valence-corrected chi connectivity index (χ2v) is 6.15. The minimum atomic E-state index is 0.0979. The quantitative estimate of drug-likeness (QED) is 0.758. The Morgan fingerprint density at radius 1 is 1.29 bits per heavy atom. The predicted molar refractivity (Wildman–Crippen MR) is 95.0 cm³/mol. The normalized spacial score (nSPS) is 18.7. The van der Waals surface area contributed by atoms with Crippen molar-refractivity contribution in [1.29, 1.82) is 0 Å². The van der Waals surface area contributed by atoms with Crippen LogP contribution in [0.25, 0.3) is 10.9 Å². The van der Waals surface area contributed by atoms with E-state index in [1.807, 2.05) is 19.2 Å². The number of aromatic amines is 1. The van der Waals surface area contributed by atoms with Gasteiger partial charge < -0.3 is 20.4 Å². The molecule has 4 rings (SSSR count). The first-order valence-electron chi connectivity index (χ1n) is 8.24. The number of aryl methyl sites for hydroxylation is 1. The van der Waals surface area contributed by atoms with Crippen molar-refractivity contribution >= 4 is 22.7 Å². The number of aromatic nitrogens is 3. The first-order chi connectivity index (χ1) is 11.7. The molecule has 6 heteroatoms. The number of nitrogens with two attached hydrogens (primary N) is 1. The van der Waals surface area contributed by atoms with Crippen LogP contribution in [0, 0.1) is 6.92 Å². The van der Waals surface area contributed by atoms with Crippen molar-refractivity contribution in [2.45, 2.75) is 19.4 Å². The summed E-state index contributed by atoms with van der Waals surface area (Å²) in [5.41, 5.74) is 9.13. The molecule has 6 nitrogen and oxygen atoms in total. The summed E-state index contributed by atoms with van der Waals surface area (Å²) in [5.74, 6) is 1.18. The van der Waals surface area contributed by atoms with Gasteiger partial charge in [0.15, 0.2) is 0 Å². The van der Waals surface area contributed by atoms with Gasteiger partial charge in [-0.25, -0.2) is 4.98 Å². The summed E-state index contributed by atoms with van der Waals surface area (Å²) in [7, 11) is 0. The van der Waals surface area contributed by atoms with E-state index in [0.29, 0.717) is 12.6 Å². The van der Waals surface area contributed by atoms with Crippen LogP contribution in [-0.2, 0) is 4.74 Å². The fraction of sp³-hybridized carbons (Fsp3) is 0.333. The molecular weight excluding hydrogens is 302 g/mol. The third kappa shape index (κ3) is 2.69. The molecule has 24 heavy (non-hydrogen) atoms. The second kappa shape index (κ2) is 6.13. The van der Waals surface area contributed by atoms with Gasteiger partial charge in [-0.15, -0.1) is 0 Å². The number of hydrogen-bond donors (Lipinski definition) is 2. The van der Waals surface area contributed by atoms with Crippen molar-refractivity contribution in [2.24, 2.45) is 0 Å². The van der Waals surface area contributed by atoms with Crippen molar-refractivity contribution in [3.8, 4) is 0 Å². The van der Waals surface area contributed by atoms with E-state index in [9.17, 15) is 0 Å². The highest BCUT2D eigenvalue weighted by molar-refractivity contribution is 5.83. The maximum absolute atomic E-state index is 5.88. The number of rotatable bonds is 2. The average Bonchev–Trinajstić information content (AvgIpc) is 2.90. The Hall–Kier alpha value is -2.60. The zero-order valence-electron chi connectivity index (χ0n) is 13.7. The molecule has 0 aliphatic carbocycles. The molecule has 1 aliphatic rings. The van der Waals surface area contributed by atoms with E-state index in [4.69, 9.17) is 10.5 Å². The third-order valence-electron chi connectivity index (χ3n) is 4.48. The Bertz CT molecular complexity index is 839. The lowest BCUT2D eigenvalue weighted by Crippen LogP contribution is -2.31. The number of nitrogens with zero attached hydrogens (tertiary/aromatic N) is 3. The van der Waals surface area contributed by atoms with Gasteiger partial charge in [0.2, 0.25) is 5.95 Å². The number of H-pyrrole nitrogens is 1. The second-order valence-electron chi connectivity index (χ2n) is 6.15. The summed E-state index contributed by atoms with van der Waals surface area (Å²) in [5, 5.41) is 1.22. The van der Waals surface area contributed by atoms with E-state index >= 15 is 0 Å². The van der Waals surface area contributed by atoms with Crippen LogP contribution in [0.1, 0.15) is 23.7 Å². The van der Waals surface area contributed by atoms with E-state index in [-0.39, 0.29) is 6.04 Å². The molecule has 1 aliphatic heterocycles. The molecule has 3 N–H and O–H groups in total. The van der Waals surface area contributed by atoms with Crippen LogP contribution in [0.2, 0.25) is 0 Å². The molecule has 0 spiro atoms. The zero-order valence-corrected chi connectivity index (χ0v) is 13.7. The third-order valence-corrected chi connectivity index (χ3v) is 4.48. The summed E-state index contributed by atoms with van der Waals surface area (Å²) < 4.78 is 5.87. The van der Waals surface area contributed by atoms with E-state index < -0.39 is 0 Å². The lowest BCUT2D eigenvalue weighted by Gasteiger charge is -2.31. The Balaban J connectivity index is 1.82. The lowest BCUT2D eigenvalue weighted by molar-refractivity contribution is 0.134. The number of anilines is 2. The highest BCUT2D eigenvalue weighted by atomic mass is 16.5. The van der Waals surface area contributed by atoms with E-state index in [0.717, 1.165) is 36.6 Å². The van der Waals surface area contributed by atoms with Crippen LogP contribution >= 0.6 is 0 Å². The molecule has 0 bridgehead atoms. The Labute approximate surface area is 140 Å². The lowest BCUT2D eigenvalue weighted by atomic mass is 10.0. The van der Waals surface area contributed by atoms with Crippen molar-refractivity contribution in [1.82, 2.24) is 15.0 Å². The molecule has 3 heterocycles. The van der Waals surface area contributed by atoms with Gasteiger partial charge in [0.1, 0.15) is 5.82 Å². The topological polar surface area (TPSA) is 80.1 Å². The molecule has 1 atom stereocenters. The molecule has 0 unspecified atom stereocenters. The van der Waals surface area contributed by atoms with Crippen molar-refractivity contribution < 1.29 is 4.74 Å². The van der Waals surface area contributed by atoms with Crippen LogP contribution in [0.15, 0.2) is 36.5 Å². The fourth-order valence-corrected chi connectivity index (χ4v) is 3.43. The Morgan fingerprint density at radius 2 is 2.21 bits per heavy atom. The number of nitrogen functional groups attached to an aromatic ring is 1. The predicted octanol–water partition coefficient (Wildman–Crippen LogP) is 2.82. The standard InChI is InChI=1S/C18H21N5O/c1-12-10-17(22-18(19)21-12)23-8-3-9-24-11-16(23)14-4-2-5-15-13(14)6-7-20-15/h2,4-7,10,16,20H,3,8-9,11H2,1H3,(H2,19,21,22)/t16-/m0/s1. The molecule has 2 aromatic heterocycles. The van der Waals surface area contributed by atoms with Gasteiger partial charge in [0.05, 0.1) is 12.6 Å². The molecule has 124 valence electrons. The largest absolute Gasteiger partial charge is 0.379 e. The number of fused-ring (bicyclic) bond motifs is 1. The summed E-state index contributed by atoms with van der Waals surface area (Å²) in [4.78, 5) is 14.2. The Kier molecular flexibility index (Phi) is 3.82. The van der Waals surface area contributed by atoms with Crippen molar-refractivity contribution in [3.63, 3.8) is 0 Å². The van der Waals surface area contributed by atoms with Gasteiger partial charge in [-0.3, -0.25) is 0 Å². The molecule has 0 amide bonds. The fourth-order valence-electron chi connectivity index (χ4n) is 3.43. The van der Waals surface area contributed by atoms with Crippen LogP contribution in [0.4, 0.5) is 11.8 Å². The summed E-state index contributed by atoms with van der Waals surface area (Å²) in [6, 6.07) is 10.5. The van der Waals surface area contributed by atoms with Crippen LogP contribution in [-0.4, -0.2) is 34.7 Å². The van der Waals surface area contributed by atoms with E-state index in [1.165, 1.54) is 10.9 Å². The molecule has 1 saturated heterocycles. The van der Waals surface area contributed by atoms with Crippen LogP contribution in [0.3, 0.4) is 0 Å². The summed E-state index contributed by atoms with van der Waals surface area (Å²) >= 11 is 0. The highest BCUT2D eigenvalue weighted by Crippen LogP contribution is 2.33. The molecule has 0 saturated carbocycles. The SMILES string of the molecule is Cc1cc(N2CCCOC[C@H]2c2cccc3[nH]ccc23)nc(N)n1. The van der Waals surface area contributed by atoms with Gasteiger partial charge in [-0.05, 0) is 31.0 Å². The maximum Gasteiger partial charge on any atom is 0.222 e.